The topological polar surface area (TPSA) is 20.7 Å². The molecule has 0 saturated carbocycles. The average molecular weight is 383 g/mol. The van der Waals surface area contributed by atoms with Crippen LogP contribution in [0.5, 0.6) is 0 Å². The van der Waals surface area contributed by atoms with Gasteiger partial charge in [0.25, 0.3) is 0 Å². The van der Waals surface area contributed by atoms with E-state index in [1.165, 1.54) is 16.5 Å². The van der Waals surface area contributed by atoms with Crippen molar-refractivity contribution in [3.63, 3.8) is 0 Å². The molecular weight excluding hydrogens is 371 g/mol. The summed E-state index contributed by atoms with van der Waals surface area (Å²) in [6, 6.07) is 5.77. The maximum atomic E-state index is 13.7. The molecule has 6 heteroatoms. The Kier molecular flexibility index (Phi) is 3.28. The van der Waals surface area contributed by atoms with Gasteiger partial charge in [0.05, 0.1) is 21.5 Å². The summed E-state index contributed by atoms with van der Waals surface area (Å²) in [4.78, 5) is 4.58. The van der Waals surface area contributed by atoms with E-state index >= 15 is 0 Å². The second kappa shape index (κ2) is 5.04. The van der Waals surface area contributed by atoms with Crippen LogP contribution in [0, 0.1) is 10.6 Å². The Morgan fingerprint density at radius 3 is 3.14 bits per heavy atom. The van der Waals surface area contributed by atoms with Gasteiger partial charge in [0, 0.05) is 10.9 Å². The van der Waals surface area contributed by atoms with Crippen molar-refractivity contribution in [2.75, 3.05) is 0 Å². The van der Waals surface area contributed by atoms with Crippen LogP contribution in [0.25, 0.3) is 11.0 Å². The van der Waals surface area contributed by atoms with Crippen molar-refractivity contribution < 1.29 is 4.39 Å². The van der Waals surface area contributed by atoms with Crippen molar-refractivity contribution in [2.24, 2.45) is 0 Å². The number of hydrogen-bond acceptors (Lipinski definition) is 2. The summed E-state index contributed by atoms with van der Waals surface area (Å²) >= 11 is 10.6. The predicted octanol–water partition coefficient (Wildman–Crippen LogP) is 5.59. The van der Waals surface area contributed by atoms with Gasteiger partial charge in [-0.2, -0.15) is 0 Å². The molecule has 1 N–H and O–H groups in total. The third-order valence-corrected chi connectivity index (χ3v) is 5.99. The number of benzene rings is 1. The fourth-order valence-corrected chi connectivity index (χ4v) is 4.81. The monoisotopic (exact) mass is 382 g/mol. The van der Waals surface area contributed by atoms with Crippen LogP contribution in [0.4, 0.5) is 4.39 Å². The Balaban J connectivity index is 1.98. The summed E-state index contributed by atoms with van der Waals surface area (Å²) in [6.07, 6.45) is 3.38. The van der Waals surface area contributed by atoms with Crippen molar-refractivity contribution in [3.8, 4) is 0 Å². The molecule has 0 bridgehead atoms. The summed E-state index contributed by atoms with van der Waals surface area (Å²) in [5.74, 6) is -0.272. The van der Waals surface area contributed by atoms with E-state index in [1.54, 1.807) is 0 Å². The molecule has 0 aliphatic heterocycles. The number of aryl methyl sites for hydroxylation is 1. The number of nitrogens with zero attached hydrogens (tertiary/aromatic N) is 1. The van der Waals surface area contributed by atoms with Gasteiger partial charge in [0.15, 0.2) is 4.77 Å². The van der Waals surface area contributed by atoms with E-state index in [-0.39, 0.29) is 11.9 Å². The van der Waals surface area contributed by atoms with Crippen LogP contribution in [-0.4, -0.2) is 9.55 Å². The highest BCUT2D eigenvalue weighted by Crippen LogP contribution is 2.38. The number of aromatic nitrogens is 2. The fraction of sp³-hybridized carbons (Fsp3) is 0.267. The molecule has 0 spiro atoms. The quantitative estimate of drug-likeness (QED) is 0.544. The normalized spacial score (nSPS) is 18.1. The molecule has 21 heavy (non-hydrogen) atoms. The molecule has 0 fully saturated rings. The first-order chi connectivity index (χ1) is 10.1. The van der Waals surface area contributed by atoms with Gasteiger partial charge in [-0.1, -0.05) is 0 Å². The molecule has 1 atom stereocenters. The second-order valence-electron chi connectivity index (χ2n) is 5.29. The van der Waals surface area contributed by atoms with Crippen LogP contribution in [0.3, 0.4) is 0 Å². The zero-order valence-corrected chi connectivity index (χ0v) is 14.2. The molecule has 3 aromatic rings. The number of thiophene rings is 1. The maximum absolute atomic E-state index is 13.7. The molecule has 0 amide bonds. The molecule has 4 rings (SSSR count). The minimum atomic E-state index is -0.272. The smallest absolute Gasteiger partial charge is 0.178 e. The molecule has 2 heterocycles. The molecule has 1 aliphatic rings. The summed E-state index contributed by atoms with van der Waals surface area (Å²) in [6.45, 7) is 0. The zero-order valence-electron chi connectivity index (χ0n) is 11.0. The van der Waals surface area contributed by atoms with Crippen molar-refractivity contribution in [1.29, 1.82) is 0 Å². The number of fused-ring (bicyclic) bond motifs is 2. The third-order valence-electron chi connectivity index (χ3n) is 4.09. The predicted molar refractivity (Wildman–Crippen MR) is 90.2 cm³/mol. The third kappa shape index (κ3) is 2.12. The minimum absolute atomic E-state index is 0.249. The average Bonchev–Trinajstić information content (AvgIpc) is 3.03. The largest absolute Gasteiger partial charge is 0.330 e. The molecule has 2 aromatic heterocycles. The van der Waals surface area contributed by atoms with Gasteiger partial charge in [-0.05, 0) is 70.5 Å². The van der Waals surface area contributed by atoms with E-state index < -0.39 is 0 Å². The van der Waals surface area contributed by atoms with Crippen LogP contribution < -0.4 is 0 Å². The van der Waals surface area contributed by atoms with Crippen molar-refractivity contribution in [3.05, 3.63) is 49.1 Å². The molecule has 2 nitrogen and oxygen atoms in total. The Labute approximate surface area is 138 Å². The lowest BCUT2D eigenvalue weighted by Crippen LogP contribution is -2.15. The lowest BCUT2D eigenvalue weighted by molar-refractivity contribution is 0.500. The van der Waals surface area contributed by atoms with E-state index in [2.05, 4.69) is 36.9 Å². The van der Waals surface area contributed by atoms with Crippen LogP contribution in [0.1, 0.15) is 29.3 Å². The number of halogens is 2. The summed E-state index contributed by atoms with van der Waals surface area (Å²) < 4.78 is 17.0. The first kappa shape index (κ1) is 13.7. The molecule has 0 saturated heterocycles. The number of nitrogens with one attached hydrogen (secondary N) is 1. The van der Waals surface area contributed by atoms with Gasteiger partial charge in [-0.25, -0.2) is 4.39 Å². The number of rotatable bonds is 1. The molecule has 108 valence electrons. The van der Waals surface area contributed by atoms with Crippen LogP contribution in [0.2, 0.25) is 0 Å². The van der Waals surface area contributed by atoms with Crippen molar-refractivity contribution in [2.45, 2.75) is 25.3 Å². The van der Waals surface area contributed by atoms with Crippen LogP contribution >= 0.6 is 39.5 Å². The number of H-pyrrole nitrogens is 1. The highest BCUT2D eigenvalue weighted by Gasteiger charge is 2.25. The van der Waals surface area contributed by atoms with E-state index in [0.29, 0.717) is 9.24 Å². The van der Waals surface area contributed by atoms with Gasteiger partial charge < -0.3 is 9.55 Å². The summed E-state index contributed by atoms with van der Waals surface area (Å²) in [5.41, 5.74) is 3.07. The van der Waals surface area contributed by atoms with Crippen molar-refractivity contribution in [1.82, 2.24) is 9.55 Å². The fourth-order valence-electron chi connectivity index (χ4n) is 3.16. The molecule has 1 unspecified atom stereocenters. The molecule has 1 aromatic carbocycles. The highest BCUT2D eigenvalue weighted by atomic mass is 79.9. The number of imidazole rings is 1. The maximum Gasteiger partial charge on any atom is 0.178 e. The SMILES string of the molecule is Fc1cc2[nH]c(=S)n(C3CCCc4sccc43)c2cc1Br. The lowest BCUT2D eigenvalue weighted by atomic mass is 9.94. The first-order valence-electron chi connectivity index (χ1n) is 6.80. The van der Waals surface area contributed by atoms with E-state index in [4.69, 9.17) is 12.2 Å². The minimum Gasteiger partial charge on any atom is -0.330 e. The molecule has 1 aliphatic carbocycles. The van der Waals surface area contributed by atoms with E-state index in [9.17, 15) is 4.39 Å². The Morgan fingerprint density at radius 1 is 1.43 bits per heavy atom. The number of hydrogen-bond donors (Lipinski definition) is 1. The first-order valence-corrected chi connectivity index (χ1v) is 8.89. The molecular formula is C15H12BrFN2S2. The lowest BCUT2D eigenvalue weighted by Gasteiger charge is -2.24. The van der Waals surface area contributed by atoms with Gasteiger partial charge in [0.1, 0.15) is 5.82 Å². The summed E-state index contributed by atoms with van der Waals surface area (Å²) in [7, 11) is 0. The van der Waals surface area contributed by atoms with Gasteiger partial charge in [0.2, 0.25) is 0 Å². The summed E-state index contributed by atoms with van der Waals surface area (Å²) in [5, 5.41) is 2.15. The Morgan fingerprint density at radius 2 is 2.29 bits per heavy atom. The van der Waals surface area contributed by atoms with Gasteiger partial charge in [-0.15, -0.1) is 11.3 Å². The van der Waals surface area contributed by atoms with Crippen molar-refractivity contribution >= 4 is 50.5 Å². The Bertz CT molecular complexity index is 893. The van der Waals surface area contributed by atoms with E-state index in [1.807, 2.05) is 17.4 Å². The Hall–Kier alpha value is -0.980. The van der Waals surface area contributed by atoms with E-state index in [0.717, 1.165) is 30.3 Å². The van der Waals surface area contributed by atoms with Gasteiger partial charge in [-0.3, -0.25) is 0 Å². The second-order valence-corrected chi connectivity index (χ2v) is 7.53. The molecule has 0 radical (unpaired) electrons. The van der Waals surface area contributed by atoms with Crippen LogP contribution in [-0.2, 0) is 6.42 Å². The standard InChI is InChI=1S/C15H12BrFN2S2/c16-9-6-13-11(7-10(9)17)18-15(20)19(13)12-2-1-3-14-8(12)4-5-21-14/h4-7,12H,1-3H2,(H,18,20). The zero-order chi connectivity index (χ0) is 14.6. The highest BCUT2D eigenvalue weighted by molar-refractivity contribution is 9.10. The van der Waals surface area contributed by atoms with Gasteiger partial charge >= 0.3 is 0 Å². The van der Waals surface area contributed by atoms with Crippen LogP contribution in [0.15, 0.2) is 28.1 Å². The number of aromatic amines is 1.